The topological polar surface area (TPSA) is 51.1 Å². The van der Waals surface area contributed by atoms with E-state index in [4.69, 9.17) is 9.57 Å². The van der Waals surface area contributed by atoms with Gasteiger partial charge in [0, 0.05) is 18.5 Å². The smallest absolute Gasteiger partial charge is 0.257 e. The molecule has 1 amide bonds. The molecule has 1 aliphatic rings. The highest BCUT2D eigenvalue weighted by atomic mass is 19.1. The van der Waals surface area contributed by atoms with Gasteiger partial charge in [-0.05, 0) is 24.3 Å². The van der Waals surface area contributed by atoms with E-state index in [1.54, 1.807) is 25.3 Å². The lowest BCUT2D eigenvalue weighted by Gasteiger charge is -2.23. The third kappa shape index (κ3) is 4.16. The first-order valence-electron chi connectivity index (χ1n) is 8.64. The number of rotatable bonds is 7. The van der Waals surface area contributed by atoms with Crippen LogP contribution >= 0.6 is 0 Å². The van der Waals surface area contributed by atoms with Crippen LogP contribution in [-0.4, -0.2) is 42.8 Å². The van der Waals surface area contributed by atoms with Crippen LogP contribution in [0.5, 0.6) is 5.75 Å². The van der Waals surface area contributed by atoms with Crippen molar-refractivity contribution < 1.29 is 18.8 Å². The van der Waals surface area contributed by atoms with Gasteiger partial charge in [0.05, 0.1) is 24.9 Å². The van der Waals surface area contributed by atoms with Gasteiger partial charge in [-0.2, -0.15) is 0 Å². The number of ether oxygens (including phenoxy) is 1. The van der Waals surface area contributed by atoms with Gasteiger partial charge in [-0.3, -0.25) is 4.79 Å². The van der Waals surface area contributed by atoms with Crippen LogP contribution in [0.1, 0.15) is 22.3 Å². The van der Waals surface area contributed by atoms with Crippen LogP contribution in [0.3, 0.4) is 0 Å². The van der Waals surface area contributed by atoms with Crippen molar-refractivity contribution in [2.24, 2.45) is 5.16 Å². The van der Waals surface area contributed by atoms with Gasteiger partial charge in [0.25, 0.3) is 5.91 Å². The number of hydrogen-bond acceptors (Lipinski definition) is 4. The highest BCUT2D eigenvalue weighted by Crippen LogP contribution is 2.25. The van der Waals surface area contributed by atoms with Crippen molar-refractivity contribution in [1.29, 1.82) is 0 Å². The minimum atomic E-state index is -0.546. The minimum Gasteiger partial charge on any atom is -0.496 e. The molecule has 5 nitrogen and oxygen atoms in total. The van der Waals surface area contributed by atoms with Crippen molar-refractivity contribution in [2.75, 3.05) is 20.2 Å². The van der Waals surface area contributed by atoms with Crippen LogP contribution in [0.4, 0.5) is 4.39 Å². The predicted molar refractivity (Wildman–Crippen MR) is 102 cm³/mol. The van der Waals surface area contributed by atoms with Gasteiger partial charge in [-0.15, -0.1) is 6.58 Å². The Hall–Kier alpha value is -3.15. The van der Waals surface area contributed by atoms with E-state index in [1.165, 1.54) is 17.0 Å². The summed E-state index contributed by atoms with van der Waals surface area (Å²) in [5, 5.41) is 4.16. The van der Waals surface area contributed by atoms with Crippen LogP contribution < -0.4 is 4.74 Å². The van der Waals surface area contributed by atoms with Gasteiger partial charge < -0.3 is 14.5 Å². The van der Waals surface area contributed by atoms with Crippen molar-refractivity contribution in [3.8, 4) is 5.75 Å². The summed E-state index contributed by atoms with van der Waals surface area (Å²) in [5.74, 6) is -0.233. The molecule has 0 aromatic heterocycles. The molecule has 0 fully saturated rings. The molecule has 0 spiro atoms. The number of halogens is 1. The van der Waals surface area contributed by atoms with E-state index in [0.717, 1.165) is 11.3 Å². The Labute approximate surface area is 157 Å². The first-order chi connectivity index (χ1) is 13.1. The zero-order chi connectivity index (χ0) is 19.2. The number of carbonyl (C=O) groups excluding carboxylic acids is 1. The zero-order valence-corrected chi connectivity index (χ0v) is 15.1. The quantitative estimate of drug-likeness (QED) is 0.701. The summed E-state index contributed by atoms with van der Waals surface area (Å²) in [5.41, 5.74) is 1.65. The molecule has 140 valence electrons. The maximum absolute atomic E-state index is 14.0. The summed E-state index contributed by atoms with van der Waals surface area (Å²) in [4.78, 5) is 19.8. The maximum Gasteiger partial charge on any atom is 0.257 e. The number of amides is 1. The number of benzene rings is 2. The van der Waals surface area contributed by atoms with Crippen molar-refractivity contribution in [2.45, 2.75) is 12.5 Å². The van der Waals surface area contributed by atoms with Gasteiger partial charge in [-0.25, -0.2) is 4.39 Å². The van der Waals surface area contributed by atoms with Gasteiger partial charge in [0.1, 0.15) is 11.6 Å². The van der Waals surface area contributed by atoms with Crippen molar-refractivity contribution >= 4 is 11.6 Å². The second kappa shape index (κ2) is 8.49. The highest BCUT2D eigenvalue weighted by molar-refractivity contribution is 6.03. The monoisotopic (exact) mass is 368 g/mol. The average Bonchev–Trinajstić information content (AvgIpc) is 3.16. The minimum absolute atomic E-state index is 0.0308. The lowest BCUT2D eigenvalue weighted by atomic mass is 10.0. The Morgan fingerprint density at radius 1 is 1.33 bits per heavy atom. The standard InChI is InChI=1S/C21H21FN2O3/c1-3-12-24(21(25)16-8-4-6-10-18(16)22)14-15-13-19(23-27-15)17-9-5-7-11-20(17)26-2/h3-11,15H,1,12-14H2,2H3/t15-/m0/s1. The second-order valence-electron chi connectivity index (χ2n) is 6.15. The van der Waals surface area contributed by atoms with Crippen LogP contribution in [0.2, 0.25) is 0 Å². The molecule has 1 atom stereocenters. The van der Waals surface area contributed by atoms with Crippen molar-refractivity contribution in [3.05, 3.63) is 78.1 Å². The fraction of sp³-hybridized carbons (Fsp3) is 0.238. The lowest BCUT2D eigenvalue weighted by Crippen LogP contribution is -2.38. The fourth-order valence-corrected chi connectivity index (χ4v) is 3.02. The molecule has 0 aliphatic carbocycles. The number of hydrogen-bond donors (Lipinski definition) is 0. The first kappa shape index (κ1) is 18.6. The highest BCUT2D eigenvalue weighted by Gasteiger charge is 2.28. The van der Waals surface area contributed by atoms with E-state index < -0.39 is 11.7 Å². The second-order valence-corrected chi connectivity index (χ2v) is 6.15. The lowest BCUT2D eigenvalue weighted by molar-refractivity contribution is 0.0447. The fourth-order valence-electron chi connectivity index (χ4n) is 3.02. The summed E-state index contributed by atoms with van der Waals surface area (Å²) < 4.78 is 19.3. The molecule has 0 radical (unpaired) electrons. The Bertz CT molecular complexity index is 866. The maximum atomic E-state index is 14.0. The van der Waals surface area contributed by atoms with Crippen molar-refractivity contribution in [1.82, 2.24) is 4.90 Å². The summed E-state index contributed by atoms with van der Waals surface area (Å²) in [7, 11) is 1.60. The van der Waals surface area contributed by atoms with Gasteiger partial charge in [-0.1, -0.05) is 35.5 Å². The largest absolute Gasteiger partial charge is 0.496 e. The molecule has 2 aromatic carbocycles. The van der Waals surface area contributed by atoms with Crippen molar-refractivity contribution in [3.63, 3.8) is 0 Å². The number of carbonyl (C=O) groups is 1. The SMILES string of the molecule is C=CCN(C[C@@H]1CC(c2ccccc2OC)=NO1)C(=O)c1ccccc1F. The number of nitrogens with zero attached hydrogens (tertiary/aromatic N) is 2. The van der Waals surface area contributed by atoms with Gasteiger partial charge >= 0.3 is 0 Å². The van der Waals surface area contributed by atoms with E-state index >= 15 is 0 Å². The van der Waals surface area contributed by atoms with E-state index in [9.17, 15) is 9.18 Å². The summed E-state index contributed by atoms with van der Waals surface area (Å²) in [6.45, 7) is 4.25. The van der Waals surface area contributed by atoms with Gasteiger partial charge in [0.15, 0.2) is 6.10 Å². The Morgan fingerprint density at radius 2 is 2.07 bits per heavy atom. The number of oxime groups is 1. The van der Waals surface area contributed by atoms with E-state index in [-0.39, 0.29) is 24.8 Å². The summed E-state index contributed by atoms with van der Waals surface area (Å²) in [6.07, 6.45) is 1.81. The summed E-state index contributed by atoms with van der Waals surface area (Å²) in [6, 6.07) is 13.5. The molecule has 0 bridgehead atoms. The summed E-state index contributed by atoms with van der Waals surface area (Å²) >= 11 is 0. The third-order valence-electron chi connectivity index (χ3n) is 4.32. The number of para-hydroxylation sites is 1. The van der Waals surface area contributed by atoms with Gasteiger partial charge in [0.2, 0.25) is 0 Å². The molecule has 3 rings (SSSR count). The molecule has 0 N–H and O–H groups in total. The molecule has 2 aromatic rings. The Kier molecular flexibility index (Phi) is 5.86. The zero-order valence-electron chi connectivity index (χ0n) is 15.1. The normalized spacial score (nSPS) is 15.6. The Balaban J connectivity index is 1.71. The molecule has 1 heterocycles. The van der Waals surface area contributed by atoms with Crippen LogP contribution in [-0.2, 0) is 4.84 Å². The Morgan fingerprint density at radius 3 is 2.81 bits per heavy atom. The molecule has 6 heteroatoms. The van der Waals surface area contributed by atoms with Crippen LogP contribution in [0, 0.1) is 5.82 Å². The van der Waals surface area contributed by atoms with E-state index in [0.29, 0.717) is 12.2 Å². The van der Waals surface area contributed by atoms with Crippen LogP contribution in [0.15, 0.2) is 66.3 Å². The first-order valence-corrected chi connectivity index (χ1v) is 8.64. The molecule has 0 saturated carbocycles. The molecule has 1 aliphatic heterocycles. The molecule has 0 unspecified atom stereocenters. The molecule has 0 saturated heterocycles. The van der Waals surface area contributed by atoms with E-state index in [1.807, 2.05) is 24.3 Å². The predicted octanol–water partition coefficient (Wildman–Crippen LogP) is 3.66. The van der Waals surface area contributed by atoms with Crippen LogP contribution in [0.25, 0.3) is 0 Å². The number of methoxy groups -OCH3 is 1. The van der Waals surface area contributed by atoms with E-state index in [2.05, 4.69) is 11.7 Å². The molecular formula is C21H21FN2O3. The average molecular weight is 368 g/mol. The molecular weight excluding hydrogens is 347 g/mol. The molecule has 27 heavy (non-hydrogen) atoms. The third-order valence-corrected chi connectivity index (χ3v) is 4.32.